The first-order valence-corrected chi connectivity index (χ1v) is 7.78. The van der Waals surface area contributed by atoms with Crippen LogP contribution in [0.1, 0.15) is 30.5 Å². The number of nitrogens with two attached hydrogens (primary N) is 1. The molecule has 2 atom stereocenters. The van der Waals surface area contributed by atoms with E-state index in [0.717, 1.165) is 30.6 Å². The lowest BCUT2D eigenvalue weighted by atomic mass is 9.97. The first kappa shape index (κ1) is 15.0. The van der Waals surface area contributed by atoms with E-state index in [1.165, 1.54) is 11.1 Å². The minimum atomic E-state index is 0.0827. The summed E-state index contributed by atoms with van der Waals surface area (Å²) in [4.78, 5) is 2.50. The van der Waals surface area contributed by atoms with Crippen molar-refractivity contribution < 1.29 is 4.74 Å². The molecular weight excluding hydrogens is 304 g/mol. The molecule has 19 heavy (non-hydrogen) atoms. The SMILES string of the molecule is CCCN1CCOC(CN)C1c1ccc(C)cc1Br. The summed E-state index contributed by atoms with van der Waals surface area (Å²) in [5, 5.41) is 0. The molecule has 106 valence electrons. The van der Waals surface area contributed by atoms with Crippen LogP contribution in [0.2, 0.25) is 0 Å². The fraction of sp³-hybridized carbons (Fsp3) is 0.600. The fourth-order valence-electron chi connectivity index (χ4n) is 2.79. The average Bonchev–Trinajstić information content (AvgIpc) is 2.39. The Morgan fingerprint density at radius 2 is 2.26 bits per heavy atom. The van der Waals surface area contributed by atoms with Gasteiger partial charge < -0.3 is 10.5 Å². The summed E-state index contributed by atoms with van der Waals surface area (Å²) in [6.07, 6.45) is 1.23. The molecule has 0 saturated carbocycles. The maximum Gasteiger partial charge on any atom is 0.0894 e. The van der Waals surface area contributed by atoms with Gasteiger partial charge in [0.05, 0.1) is 18.8 Å². The molecule has 1 aliphatic rings. The minimum absolute atomic E-state index is 0.0827. The standard InChI is InChI=1S/C15H23BrN2O/c1-3-6-18-7-8-19-14(10-17)15(18)12-5-4-11(2)9-13(12)16/h4-5,9,14-15H,3,6-8,10,17H2,1-2H3. The van der Waals surface area contributed by atoms with Crippen molar-refractivity contribution in [2.45, 2.75) is 32.4 Å². The van der Waals surface area contributed by atoms with E-state index in [2.05, 4.69) is 52.9 Å². The van der Waals surface area contributed by atoms with E-state index in [-0.39, 0.29) is 12.1 Å². The molecule has 1 saturated heterocycles. The van der Waals surface area contributed by atoms with Crippen LogP contribution in [0.15, 0.2) is 22.7 Å². The molecule has 1 heterocycles. The number of aryl methyl sites for hydroxylation is 1. The molecule has 0 aliphatic carbocycles. The molecule has 0 bridgehead atoms. The number of morpholine rings is 1. The smallest absolute Gasteiger partial charge is 0.0894 e. The van der Waals surface area contributed by atoms with Gasteiger partial charge in [0.25, 0.3) is 0 Å². The van der Waals surface area contributed by atoms with Gasteiger partial charge in [-0.3, -0.25) is 4.90 Å². The highest BCUT2D eigenvalue weighted by Crippen LogP contribution is 2.34. The number of rotatable bonds is 4. The van der Waals surface area contributed by atoms with E-state index in [1.807, 2.05) is 0 Å². The Hall–Kier alpha value is -0.420. The molecule has 0 amide bonds. The summed E-state index contributed by atoms with van der Waals surface area (Å²) in [7, 11) is 0. The zero-order chi connectivity index (χ0) is 13.8. The van der Waals surface area contributed by atoms with Crippen molar-refractivity contribution in [2.24, 2.45) is 5.73 Å². The third kappa shape index (κ3) is 3.37. The third-order valence-electron chi connectivity index (χ3n) is 3.67. The van der Waals surface area contributed by atoms with Crippen LogP contribution >= 0.6 is 15.9 Å². The second kappa shape index (κ2) is 6.84. The van der Waals surface area contributed by atoms with Crippen LogP contribution in [0, 0.1) is 6.92 Å². The van der Waals surface area contributed by atoms with Gasteiger partial charge in [-0.25, -0.2) is 0 Å². The number of halogens is 1. The molecule has 0 radical (unpaired) electrons. The molecule has 1 aromatic rings. The highest BCUT2D eigenvalue weighted by molar-refractivity contribution is 9.10. The summed E-state index contributed by atoms with van der Waals surface area (Å²) >= 11 is 3.69. The van der Waals surface area contributed by atoms with Gasteiger partial charge in [0, 0.05) is 17.6 Å². The van der Waals surface area contributed by atoms with Crippen LogP contribution in [0.25, 0.3) is 0 Å². The maximum atomic E-state index is 5.90. The fourth-order valence-corrected chi connectivity index (χ4v) is 3.52. The molecule has 1 aromatic carbocycles. The van der Waals surface area contributed by atoms with Crippen LogP contribution in [-0.4, -0.2) is 37.2 Å². The first-order valence-electron chi connectivity index (χ1n) is 6.99. The Balaban J connectivity index is 2.33. The molecule has 0 spiro atoms. The normalized spacial score (nSPS) is 24.6. The summed E-state index contributed by atoms with van der Waals surface area (Å²) in [5.41, 5.74) is 8.45. The zero-order valence-electron chi connectivity index (χ0n) is 11.7. The number of hydrogen-bond acceptors (Lipinski definition) is 3. The van der Waals surface area contributed by atoms with Crippen LogP contribution in [-0.2, 0) is 4.74 Å². The highest BCUT2D eigenvalue weighted by atomic mass is 79.9. The molecule has 2 unspecified atom stereocenters. The van der Waals surface area contributed by atoms with Crippen LogP contribution in [0.3, 0.4) is 0 Å². The Morgan fingerprint density at radius 1 is 1.47 bits per heavy atom. The van der Waals surface area contributed by atoms with E-state index < -0.39 is 0 Å². The third-order valence-corrected chi connectivity index (χ3v) is 4.36. The summed E-state index contributed by atoms with van der Waals surface area (Å²) in [5.74, 6) is 0. The molecule has 2 rings (SSSR count). The van der Waals surface area contributed by atoms with Crippen molar-refractivity contribution in [3.05, 3.63) is 33.8 Å². The Bertz CT molecular complexity index is 423. The lowest BCUT2D eigenvalue weighted by Gasteiger charge is -2.41. The van der Waals surface area contributed by atoms with Gasteiger partial charge >= 0.3 is 0 Å². The van der Waals surface area contributed by atoms with E-state index in [1.54, 1.807) is 0 Å². The lowest BCUT2D eigenvalue weighted by molar-refractivity contribution is -0.0678. The van der Waals surface area contributed by atoms with Gasteiger partial charge in [-0.1, -0.05) is 35.0 Å². The average molecular weight is 327 g/mol. The molecule has 2 N–H and O–H groups in total. The zero-order valence-corrected chi connectivity index (χ0v) is 13.3. The molecular formula is C15H23BrN2O. The van der Waals surface area contributed by atoms with Crippen LogP contribution in [0.4, 0.5) is 0 Å². The second-order valence-electron chi connectivity index (χ2n) is 5.15. The number of benzene rings is 1. The predicted molar refractivity (Wildman–Crippen MR) is 82.3 cm³/mol. The first-order chi connectivity index (χ1) is 9.17. The van der Waals surface area contributed by atoms with Crippen molar-refractivity contribution in [1.82, 2.24) is 4.90 Å². The summed E-state index contributed by atoms with van der Waals surface area (Å²) in [6, 6.07) is 6.78. The lowest BCUT2D eigenvalue weighted by Crippen LogP contribution is -2.48. The van der Waals surface area contributed by atoms with Crippen molar-refractivity contribution in [1.29, 1.82) is 0 Å². The van der Waals surface area contributed by atoms with Gasteiger partial charge in [-0.05, 0) is 37.1 Å². The number of ether oxygens (including phenoxy) is 1. The van der Waals surface area contributed by atoms with Crippen molar-refractivity contribution in [2.75, 3.05) is 26.2 Å². The molecule has 1 fully saturated rings. The van der Waals surface area contributed by atoms with Gasteiger partial charge in [-0.2, -0.15) is 0 Å². The monoisotopic (exact) mass is 326 g/mol. The molecule has 0 aromatic heterocycles. The van der Waals surface area contributed by atoms with E-state index in [0.29, 0.717) is 6.54 Å². The Morgan fingerprint density at radius 3 is 2.89 bits per heavy atom. The maximum absolute atomic E-state index is 5.90. The second-order valence-corrected chi connectivity index (χ2v) is 6.01. The van der Waals surface area contributed by atoms with Crippen molar-refractivity contribution in [3.8, 4) is 0 Å². The van der Waals surface area contributed by atoms with E-state index >= 15 is 0 Å². The molecule has 3 nitrogen and oxygen atoms in total. The van der Waals surface area contributed by atoms with Crippen LogP contribution in [0.5, 0.6) is 0 Å². The van der Waals surface area contributed by atoms with Crippen molar-refractivity contribution in [3.63, 3.8) is 0 Å². The van der Waals surface area contributed by atoms with E-state index in [9.17, 15) is 0 Å². The topological polar surface area (TPSA) is 38.5 Å². The molecule has 4 heteroatoms. The Kier molecular flexibility index (Phi) is 5.39. The largest absolute Gasteiger partial charge is 0.374 e. The van der Waals surface area contributed by atoms with Gasteiger partial charge in [0.15, 0.2) is 0 Å². The number of nitrogens with zero attached hydrogens (tertiary/aromatic N) is 1. The quantitative estimate of drug-likeness (QED) is 0.924. The highest BCUT2D eigenvalue weighted by Gasteiger charge is 2.33. The van der Waals surface area contributed by atoms with Gasteiger partial charge in [0.1, 0.15) is 0 Å². The van der Waals surface area contributed by atoms with Crippen LogP contribution < -0.4 is 5.73 Å². The van der Waals surface area contributed by atoms with Gasteiger partial charge in [-0.15, -0.1) is 0 Å². The summed E-state index contributed by atoms with van der Waals surface area (Å²) in [6.45, 7) is 7.73. The Labute approximate surface area is 124 Å². The van der Waals surface area contributed by atoms with E-state index in [4.69, 9.17) is 10.5 Å². The minimum Gasteiger partial charge on any atom is -0.374 e. The predicted octanol–water partition coefficient (Wildman–Crippen LogP) is 2.87. The summed E-state index contributed by atoms with van der Waals surface area (Å²) < 4.78 is 7.02. The van der Waals surface area contributed by atoms with Crippen molar-refractivity contribution >= 4 is 15.9 Å². The molecule has 1 aliphatic heterocycles. The number of hydrogen-bond donors (Lipinski definition) is 1. The van der Waals surface area contributed by atoms with Gasteiger partial charge in [0.2, 0.25) is 0 Å².